The van der Waals surface area contributed by atoms with Gasteiger partial charge in [0.05, 0.1) is 45.4 Å². The van der Waals surface area contributed by atoms with E-state index in [4.69, 9.17) is 14.2 Å². The van der Waals surface area contributed by atoms with Gasteiger partial charge in [-0.2, -0.15) is 0 Å². The predicted octanol–water partition coefficient (Wildman–Crippen LogP) is 4.56. The van der Waals surface area contributed by atoms with Crippen LogP contribution in [0.5, 0.6) is 17.2 Å². The molecule has 3 rings (SSSR count). The Morgan fingerprint density at radius 3 is 2.28 bits per heavy atom. The SMILES string of the molecule is CCOc1ccccc1N(Cc1ccc(C(=O)N[C@@H](C)c2cc(OC)ccc2OC)cc1)S(C)(=O)=O. The summed E-state index contributed by atoms with van der Waals surface area (Å²) < 4.78 is 42.9. The summed E-state index contributed by atoms with van der Waals surface area (Å²) in [7, 11) is -0.436. The number of methoxy groups -OCH3 is 2. The molecule has 0 saturated heterocycles. The van der Waals surface area contributed by atoms with Gasteiger partial charge in [0, 0.05) is 11.1 Å². The number of hydrogen-bond donors (Lipinski definition) is 1. The molecule has 0 bridgehead atoms. The highest BCUT2D eigenvalue weighted by atomic mass is 32.2. The summed E-state index contributed by atoms with van der Waals surface area (Å²) in [6.45, 7) is 4.22. The molecule has 0 heterocycles. The molecule has 0 aliphatic carbocycles. The Bertz CT molecular complexity index is 1290. The lowest BCUT2D eigenvalue weighted by Crippen LogP contribution is -2.30. The normalized spacial score (nSPS) is 11.9. The average Bonchev–Trinajstić information content (AvgIpc) is 2.87. The van der Waals surface area contributed by atoms with Crippen LogP contribution in [-0.4, -0.2) is 41.4 Å². The van der Waals surface area contributed by atoms with Crippen molar-refractivity contribution >= 4 is 21.6 Å². The van der Waals surface area contributed by atoms with Crippen LogP contribution in [0.4, 0.5) is 5.69 Å². The minimum absolute atomic E-state index is 0.0994. The number of para-hydroxylation sites is 2. The van der Waals surface area contributed by atoms with Gasteiger partial charge in [-0.25, -0.2) is 8.42 Å². The zero-order valence-corrected chi connectivity index (χ0v) is 22.0. The zero-order valence-electron chi connectivity index (χ0n) is 21.1. The first-order valence-corrected chi connectivity index (χ1v) is 13.3. The molecule has 0 unspecified atom stereocenters. The fourth-order valence-corrected chi connectivity index (χ4v) is 4.68. The van der Waals surface area contributed by atoms with Crippen LogP contribution in [0.15, 0.2) is 66.7 Å². The van der Waals surface area contributed by atoms with Crippen molar-refractivity contribution in [3.63, 3.8) is 0 Å². The largest absolute Gasteiger partial charge is 0.497 e. The maximum atomic E-state index is 12.9. The number of amides is 1. The van der Waals surface area contributed by atoms with Gasteiger partial charge in [0.15, 0.2) is 0 Å². The molecular weight excluding hydrogens is 480 g/mol. The van der Waals surface area contributed by atoms with Crippen LogP contribution in [0, 0.1) is 0 Å². The molecule has 192 valence electrons. The van der Waals surface area contributed by atoms with Gasteiger partial charge >= 0.3 is 0 Å². The minimum atomic E-state index is -3.59. The highest BCUT2D eigenvalue weighted by molar-refractivity contribution is 7.92. The van der Waals surface area contributed by atoms with Crippen molar-refractivity contribution in [1.29, 1.82) is 0 Å². The lowest BCUT2D eigenvalue weighted by atomic mass is 10.1. The molecule has 0 spiro atoms. The highest BCUT2D eigenvalue weighted by Gasteiger charge is 2.22. The molecule has 0 saturated carbocycles. The van der Waals surface area contributed by atoms with Gasteiger partial charge in [-0.3, -0.25) is 9.10 Å². The van der Waals surface area contributed by atoms with E-state index in [0.29, 0.717) is 35.1 Å². The Kier molecular flexibility index (Phi) is 8.82. The molecule has 1 N–H and O–H groups in total. The second kappa shape index (κ2) is 11.8. The number of sulfonamides is 1. The van der Waals surface area contributed by atoms with E-state index in [1.54, 1.807) is 74.9 Å². The first-order valence-electron chi connectivity index (χ1n) is 11.5. The molecule has 0 aliphatic rings. The zero-order chi connectivity index (χ0) is 26.3. The number of hydrogen-bond acceptors (Lipinski definition) is 6. The summed E-state index contributed by atoms with van der Waals surface area (Å²) in [4.78, 5) is 12.9. The Hall–Kier alpha value is -3.72. The topological polar surface area (TPSA) is 94.2 Å². The van der Waals surface area contributed by atoms with Crippen molar-refractivity contribution in [3.8, 4) is 17.2 Å². The second-order valence-electron chi connectivity index (χ2n) is 8.17. The number of benzene rings is 3. The molecule has 1 amide bonds. The van der Waals surface area contributed by atoms with Gasteiger partial charge < -0.3 is 19.5 Å². The molecule has 36 heavy (non-hydrogen) atoms. The Labute approximate surface area is 212 Å². The number of rotatable bonds is 11. The van der Waals surface area contributed by atoms with Crippen molar-refractivity contribution in [2.24, 2.45) is 0 Å². The number of carbonyl (C=O) groups is 1. The Morgan fingerprint density at radius 1 is 0.972 bits per heavy atom. The molecule has 8 nitrogen and oxygen atoms in total. The quantitative estimate of drug-likeness (QED) is 0.405. The summed E-state index contributed by atoms with van der Waals surface area (Å²) in [5.41, 5.74) is 2.43. The first-order chi connectivity index (χ1) is 17.2. The second-order valence-corrected chi connectivity index (χ2v) is 10.1. The van der Waals surface area contributed by atoms with Crippen molar-refractivity contribution < 1.29 is 27.4 Å². The first kappa shape index (κ1) is 26.9. The van der Waals surface area contributed by atoms with E-state index in [2.05, 4.69) is 5.32 Å². The smallest absolute Gasteiger partial charge is 0.251 e. The van der Waals surface area contributed by atoms with Gasteiger partial charge in [-0.1, -0.05) is 24.3 Å². The van der Waals surface area contributed by atoms with Crippen LogP contribution in [0.2, 0.25) is 0 Å². The molecule has 9 heteroatoms. The standard InChI is InChI=1S/C27H32N2O6S/c1-6-35-26-10-8-7-9-24(26)29(36(5,31)32)18-20-11-13-21(14-12-20)27(30)28-19(2)23-17-22(33-3)15-16-25(23)34-4/h7-17,19H,6,18H2,1-5H3,(H,28,30)/t19-/m0/s1. The lowest BCUT2D eigenvalue weighted by Gasteiger charge is -2.24. The van der Waals surface area contributed by atoms with E-state index in [-0.39, 0.29) is 18.5 Å². The summed E-state index contributed by atoms with van der Waals surface area (Å²) >= 11 is 0. The molecular formula is C27H32N2O6S. The number of ether oxygens (including phenoxy) is 3. The fraction of sp³-hybridized carbons (Fsp3) is 0.296. The molecule has 3 aromatic carbocycles. The summed E-state index contributed by atoms with van der Waals surface area (Å²) in [5, 5.41) is 2.97. The van der Waals surface area contributed by atoms with E-state index in [9.17, 15) is 13.2 Å². The molecule has 0 radical (unpaired) electrons. The van der Waals surface area contributed by atoms with E-state index < -0.39 is 10.0 Å². The van der Waals surface area contributed by atoms with Crippen LogP contribution >= 0.6 is 0 Å². The fourth-order valence-electron chi connectivity index (χ4n) is 3.78. The Balaban J connectivity index is 1.78. The number of nitrogens with one attached hydrogen (secondary N) is 1. The molecule has 1 atom stereocenters. The maximum absolute atomic E-state index is 12.9. The lowest BCUT2D eigenvalue weighted by molar-refractivity contribution is 0.0939. The number of carbonyl (C=O) groups excluding carboxylic acids is 1. The van der Waals surface area contributed by atoms with E-state index in [1.807, 2.05) is 19.9 Å². The highest BCUT2D eigenvalue weighted by Crippen LogP contribution is 2.32. The third-order valence-corrected chi connectivity index (χ3v) is 6.75. The number of nitrogens with zero attached hydrogens (tertiary/aromatic N) is 1. The number of anilines is 1. The summed E-state index contributed by atoms with van der Waals surface area (Å²) in [6, 6.07) is 18.9. The van der Waals surface area contributed by atoms with Gasteiger partial charge in [-0.05, 0) is 61.9 Å². The minimum Gasteiger partial charge on any atom is -0.497 e. The summed E-state index contributed by atoms with van der Waals surface area (Å²) in [6.07, 6.45) is 1.16. The molecule has 0 fully saturated rings. The van der Waals surface area contributed by atoms with E-state index in [0.717, 1.165) is 17.4 Å². The van der Waals surface area contributed by atoms with Crippen LogP contribution in [0.3, 0.4) is 0 Å². The van der Waals surface area contributed by atoms with Crippen molar-refractivity contribution in [2.45, 2.75) is 26.4 Å². The molecule has 0 aliphatic heterocycles. The van der Waals surface area contributed by atoms with Gasteiger partial charge in [0.25, 0.3) is 5.91 Å². The predicted molar refractivity (Wildman–Crippen MR) is 141 cm³/mol. The van der Waals surface area contributed by atoms with Crippen LogP contribution in [0.25, 0.3) is 0 Å². The third-order valence-electron chi connectivity index (χ3n) is 5.63. The van der Waals surface area contributed by atoms with Crippen LogP contribution < -0.4 is 23.8 Å². The van der Waals surface area contributed by atoms with Gasteiger partial charge in [-0.15, -0.1) is 0 Å². The van der Waals surface area contributed by atoms with Crippen LogP contribution in [-0.2, 0) is 16.6 Å². The van der Waals surface area contributed by atoms with E-state index >= 15 is 0 Å². The molecule has 0 aromatic heterocycles. The Morgan fingerprint density at radius 2 is 1.67 bits per heavy atom. The van der Waals surface area contributed by atoms with E-state index in [1.165, 1.54) is 4.31 Å². The van der Waals surface area contributed by atoms with Gasteiger partial charge in [0.2, 0.25) is 10.0 Å². The summed E-state index contributed by atoms with van der Waals surface area (Å²) in [5.74, 6) is 1.54. The maximum Gasteiger partial charge on any atom is 0.251 e. The monoisotopic (exact) mass is 512 g/mol. The van der Waals surface area contributed by atoms with Crippen LogP contribution in [0.1, 0.15) is 41.4 Å². The van der Waals surface area contributed by atoms with Crippen molar-refractivity contribution in [1.82, 2.24) is 5.32 Å². The van der Waals surface area contributed by atoms with Gasteiger partial charge in [0.1, 0.15) is 17.2 Å². The third kappa shape index (κ3) is 6.48. The van der Waals surface area contributed by atoms with Crippen molar-refractivity contribution in [2.75, 3.05) is 31.4 Å². The molecule has 3 aromatic rings. The van der Waals surface area contributed by atoms with Crippen molar-refractivity contribution in [3.05, 3.63) is 83.4 Å². The average molecular weight is 513 g/mol.